The molecule has 0 atom stereocenters. The van der Waals surface area contributed by atoms with Gasteiger partial charge in [-0.15, -0.1) is 11.3 Å². The molecule has 0 aliphatic carbocycles. The quantitative estimate of drug-likeness (QED) is 0.856. The van der Waals surface area contributed by atoms with Crippen LogP contribution in [-0.2, 0) is 6.18 Å². The highest BCUT2D eigenvalue weighted by Crippen LogP contribution is 2.33. The third kappa shape index (κ3) is 2.38. The van der Waals surface area contributed by atoms with E-state index in [0.29, 0.717) is 16.4 Å². The van der Waals surface area contributed by atoms with Gasteiger partial charge in [-0.1, -0.05) is 0 Å². The third-order valence-corrected chi connectivity index (χ3v) is 2.88. The number of nitrogen functional groups attached to an aromatic ring is 1. The van der Waals surface area contributed by atoms with Crippen LogP contribution >= 0.6 is 11.3 Å². The standard InChI is InChI=1S/C10H8F3N3S/c1-5-7(10(11,12)13)2-6(3-15-5)8-4-17-9(14)16-8/h2-4H,1H3,(H2,14,16). The number of halogens is 3. The second kappa shape index (κ2) is 3.99. The number of rotatable bonds is 1. The molecule has 90 valence electrons. The maximum atomic E-state index is 12.7. The Kier molecular flexibility index (Phi) is 2.78. The topological polar surface area (TPSA) is 51.8 Å². The zero-order valence-corrected chi connectivity index (χ0v) is 9.56. The van der Waals surface area contributed by atoms with Crippen LogP contribution in [0.2, 0.25) is 0 Å². The lowest BCUT2D eigenvalue weighted by molar-refractivity contribution is -0.138. The Hall–Kier alpha value is -1.63. The van der Waals surface area contributed by atoms with Crippen molar-refractivity contribution in [2.75, 3.05) is 5.73 Å². The van der Waals surface area contributed by atoms with Gasteiger partial charge in [0.1, 0.15) is 0 Å². The molecule has 0 unspecified atom stereocenters. The zero-order chi connectivity index (χ0) is 12.6. The number of aromatic nitrogens is 2. The lowest BCUT2D eigenvalue weighted by Gasteiger charge is -2.10. The molecule has 0 radical (unpaired) electrons. The highest BCUT2D eigenvalue weighted by Gasteiger charge is 2.33. The first kappa shape index (κ1) is 11.8. The van der Waals surface area contributed by atoms with E-state index in [0.717, 1.165) is 6.07 Å². The number of pyridine rings is 1. The van der Waals surface area contributed by atoms with Crippen LogP contribution in [-0.4, -0.2) is 9.97 Å². The fourth-order valence-electron chi connectivity index (χ4n) is 1.38. The normalized spacial score (nSPS) is 11.8. The summed E-state index contributed by atoms with van der Waals surface area (Å²) in [6.45, 7) is 1.32. The molecule has 0 bridgehead atoms. The number of anilines is 1. The molecule has 7 heteroatoms. The summed E-state index contributed by atoms with van der Waals surface area (Å²) in [5.74, 6) is 0. The molecule has 0 spiro atoms. The summed E-state index contributed by atoms with van der Waals surface area (Å²) in [4.78, 5) is 7.66. The Labute approximate surface area is 99.1 Å². The van der Waals surface area contributed by atoms with Gasteiger partial charge in [-0.3, -0.25) is 4.98 Å². The molecule has 0 aliphatic rings. The molecule has 2 rings (SSSR count). The largest absolute Gasteiger partial charge is 0.418 e. The summed E-state index contributed by atoms with van der Waals surface area (Å²) in [5, 5.41) is 1.91. The Morgan fingerprint density at radius 1 is 1.35 bits per heavy atom. The Morgan fingerprint density at radius 3 is 2.59 bits per heavy atom. The van der Waals surface area contributed by atoms with Crippen molar-refractivity contribution in [2.45, 2.75) is 13.1 Å². The summed E-state index contributed by atoms with van der Waals surface area (Å²) in [6, 6.07) is 1.04. The minimum Gasteiger partial charge on any atom is -0.375 e. The maximum absolute atomic E-state index is 12.7. The number of hydrogen-bond donors (Lipinski definition) is 1. The molecule has 0 saturated carbocycles. The van der Waals surface area contributed by atoms with E-state index in [1.807, 2.05) is 0 Å². The second-order valence-corrected chi connectivity index (χ2v) is 4.32. The van der Waals surface area contributed by atoms with Crippen molar-refractivity contribution in [3.63, 3.8) is 0 Å². The van der Waals surface area contributed by atoms with Gasteiger partial charge in [0.25, 0.3) is 0 Å². The number of aryl methyl sites for hydroxylation is 1. The molecule has 0 fully saturated rings. The van der Waals surface area contributed by atoms with Crippen LogP contribution in [0.15, 0.2) is 17.6 Å². The minimum atomic E-state index is -4.41. The van der Waals surface area contributed by atoms with Crippen LogP contribution in [0, 0.1) is 6.92 Å². The molecular weight excluding hydrogens is 251 g/mol. The fraction of sp³-hybridized carbons (Fsp3) is 0.200. The predicted octanol–water partition coefficient (Wildman–Crippen LogP) is 3.11. The summed E-state index contributed by atoms with van der Waals surface area (Å²) >= 11 is 1.17. The van der Waals surface area contributed by atoms with Gasteiger partial charge in [0.15, 0.2) is 5.13 Å². The van der Waals surface area contributed by atoms with Crippen LogP contribution in [0.4, 0.5) is 18.3 Å². The average Bonchev–Trinajstić information content (AvgIpc) is 2.64. The fourth-order valence-corrected chi connectivity index (χ4v) is 1.95. The average molecular weight is 259 g/mol. The van der Waals surface area contributed by atoms with E-state index in [1.165, 1.54) is 24.5 Å². The number of hydrogen-bond acceptors (Lipinski definition) is 4. The Bertz CT molecular complexity index is 548. The smallest absolute Gasteiger partial charge is 0.375 e. The lowest BCUT2D eigenvalue weighted by Crippen LogP contribution is -2.08. The van der Waals surface area contributed by atoms with Crippen LogP contribution in [0.25, 0.3) is 11.3 Å². The number of thiazole rings is 1. The Balaban J connectivity index is 2.51. The molecule has 0 aromatic carbocycles. The van der Waals surface area contributed by atoms with Gasteiger partial charge in [-0.05, 0) is 13.0 Å². The van der Waals surface area contributed by atoms with E-state index < -0.39 is 11.7 Å². The molecule has 2 heterocycles. The maximum Gasteiger partial charge on any atom is 0.418 e. The van der Waals surface area contributed by atoms with Crippen molar-refractivity contribution in [2.24, 2.45) is 0 Å². The second-order valence-electron chi connectivity index (χ2n) is 3.43. The molecule has 2 aromatic rings. The molecular formula is C10H8F3N3S. The Morgan fingerprint density at radius 2 is 2.06 bits per heavy atom. The predicted molar refractivity (Wildman–Crippen MR) is 59.5 cm³/mol. The van der Waals surface area contributed by atoms with Gasteiger partial charge in [-0.2, -0.15) is 13.2 Å². The van der Waals surface area contributed by atoms with Crippen molar-refractivity contribution >= 4 is 16.5 Å². The summed E-state index contributed by atoms with van der Waals surface area (Å²) < 4.78 is 38.0. The van der Waals surface area contributed by atoms with Gasteiger partial charge in [0, 0.05) is 22.8 Å². The molecule has 0 amide bonds. The first-order valence-electron chi connectivity index (χ1n) is 4.63. The van der Waals surface area contributed by atoms with Gasteiger partial charge in [0.2, 0.25) is 0 Å². The molecule has 17 heavy (non-hydrogen) atoms. The van der Waals surface area contributed by atoms with Gasteiger partial charge >= 0.3 is 6.18 Å². The molecule has 2 N–H and O–H groups in total. The van der Waals surface area contributed by atoms with Crippen LogP contribution in [0.5, 0.6) is 0 Å². The molecule has 3 nitrogen and oxygen atoms in total. The van der Waals surface area contributed by atoms with E-state index in [9.17, 15) is 13.2 Å². The van der Waals surface area contributed by atoms with Gasteiger partial charge in [0.05, 0.1) is 11.3 Å². The number of alkyl halides is 3. The highest BCUT2D eigenvalue weighted by atomic mass is 32.1. The summed E-state index contributed by atoms with van der Waals surface area (Å²) in [6.07, 6.45) is -3.05. The first-order valence-corrected chi connectivity index (χ1v) is 5.51. The van der Waals surface area contributed by atoms with E-state index in [1.54, 1.807) is 5.38 Å². The van der Waals surface area contributed by atoms with E-state index in [-0.39, 0.29) is 5.69 Å². The molecule has 2 aromatic heterocycles. The monoisotopic (exact) mass is 259 g/mol. The van der Waals surface area contributed by atoms with Crippen LogP contribution in [0.3, 0.4) is 0 Å². The lowest BCUT2D eigenvalue weighted by atomic mass is 10.1. The zero-order valence-electron chi connectivity index (χ0n) is 8.75. The summed E-state index contributed by atoms with van der Waals surface area (Å²) in [7, 11) is 0. The molecule has 0 saturated heterocycles. The van der Waals surface area contributed by atoms with Crippen LogP contribution < -0.4 is 5.73 Å². The van der Waals surface area contributed by atoms with Crippen molar-refractivity contribution in [3.8, 4) is 11.3 Å². The van der Waals surface area contributed by atoms with E-state index in [4.69, 9.17) is 5.73 Å². The van der Waals surface area contributed by atoms with Crippen molar-refractivity contribution in [3.05, 3.63) is 28.9 Å². The highest BCUT2D eigenvalue weighted by molar-refractivity contribution is 7.13. The third-order valence-electron chi connectivity index (χ3n) is 2.21. The van der Waals surface area contributed by atoms with Crippen LogP contribution in [0.1, 0.15) is 11.3 Å². The number of nitrogens with two attached hydrogens (primary N) is 1. The first-order chi connectivity index (χ1) is 7.88. The molecule has 0 aliphatic heterocycles. The van der Waals surface area contributed by atoms with Gasteiger partial charge in [-0.25, -0.2) is 4.98 Å². The van der Waals surface area contributed by atoms with E-state index in [2.05, 4.69) is 9.97 Å². The minimum absolute atomic E-state index is 0.0514. The van der Waals surface area contributed by atoms with Crippen molar-refractivity contribution in [1.82, 2.24) is 9.97 Å². The number of nitrogens with zero attached hydrogens (tertiary/aromatic N) is 2. The van der Waals surface area contributed by atoms with Gasteiger partial charge < -0.3 is 5.73 Å². The SMILES string of the molecule is Cc1ncc(-c2csc(N)n2)cc1C(F)(F)F. The summed E-state index contributed by atoms with van der Waals surface area (Å²) in [5.41, 5.74) is 5.36. The van der Waals surface area contributed by atoms with Crippen molar-refractivity contribution in [1.29, 1.82) is 0 Å². The van der Waals surface area contributed by atoms with E-state index >= 15 is 0 Å². The van der Waals surface area contributed by atoms with Crippen molar-refractivity contribution < 1.29 is 13.2 Å².